The lowest BCUT2D eigenvalue weighted by Gasteiger charge is -1.95. The normalized spacial score (nSPS) is 11.6. The fourth-order valence-electron chi connectivity index (χ4n) is 0. The van der Waals surface area contributed by atoms with Gasteiger partial charge in [0.2, 0.25) is 0 Å². The first-order valence-electron chi connectivity index (χ1n) is 1.82. The fourth-order valence-corrected chi connectivity index (χ4v) is 0. The van der Waals surface area contributed by atoms with Crippen molar-refractivity contribution in [1.82, 2.24) is 0 Å². The highest BCUT2D eigenvalue weighted by Crippen LogP contribution is 2.16. The van der Waals surface area contributed by atoms with Gasteiger partial charge in [-0.25, -0.2) is 0 Å². The maximum atomic E-state index is 10.5. The Morgan fingerprint density at radius 2 is 1.60 bits per heavy atom. The predicted octanol–water partition coefficient (Wildman–Crippen LogP) is 1.11. The van der Waals surface area contributed by atoms with Gasteiger partial charge < -0.3 is 5.11 Å². The van der Waals surface area contributed by atoms with E-state index in [2.05, 4.69) is 12.2 Å². The van der Waals surface area contributed by atoms with E-state index in [1.165, 1.54) is 0 Å². The van der Waals surface area contributed by atoms with Crippen LogP contribution in [0.2, 0.25) is 0 Å². The second-order valence-electron chi connectivity index (χ2n) is 1.03. The van der Waals surface area contributed by atoms with Crippen molar-refractivity contribution < 1.29 is 27.7 Å². The first-order chi connectivity index (χ1) is 4.29. The summed E-state index contributed by atoms with van der Waals surface area (Å²) in [5.41, 5.74) is 0. The summed E-state index contributed by atoms with van der Waals surface area (Å²) in [4.78, 5) is 7.43. The summed E-state index contributed by atoms with van der Waals surface area (Å²) in [6, 6.07) is 0. The van der Waals surface area contributed by atoms with Crippen molar-refractivity contribution >= 4 is 19.5 Å². The second-order valence-corrected chi connectivity index (χ2v) is 2.56. The summed E-state index contributed by atoms with van der Waals surface area (Å²) in [7, 11) is -2.18. The molecule has 0 bridgehead atoms. The zero-order valence-corrected chi connectivity index (χ0v) is 6.33. The van der Waals surface area contributed by atoms with Gasteiger partial charge in [-0.3, -0.25) is 0 Å². The van der Waals surface area contributed by atoms with Crippen molar-refractivity contribution in [3.05, 3.63) is 0 Å². The van der Waals surface area contributed by atoms with E-state index in [-0.39, 0.29) is 0 Å². The number of aliphatic hydroxyl groups is 1. The van der Waals surface area contributed by atoms with Crippen molar-refractivity contribution in [3.63, 3.8) is 0 Å². The highest BCUT2D eigenvalue weighted by molar-refractivity contribution is 8.38. The first kappa shape index (κ1) is 12.8. The predicted molar refractivity (Wildman–Crippen MR) is 32.0 cm³/mol. The van der Waals surface area contributed by atoms with E-state index in [9.17, 15) is 13.2 Å². The molecule has 0 rings (SSSR count). The number of aliphatic hydroxyl groups excluding tert-OH is 1. The van der Waals surface area contributed by atoms with Crippen LogP contribution in [0, 0.1) is 0 Å². The quantitative estimate of drug-likeness (QED) is 0.402. The molecule has 0 aromatic heterocycles. The molecular weight excluding hydrogens is 192 g/mol. The lowest BCUT2D eigenvalue weighted by Crippen LogP contribution is -2.12. The largest absolute Gasteiger partial charge is 0.579 e. The van der Waals surface area contributed by atoms with E-state index in [4.69, 9.17) is 14.6 Å². The van der Waals surface area contributed by atoms with Gasteiger partial charge in [0.05, 0.1) is 0 Å². The summed E-state index contributed by atoms with van der Waals surface area (Å²) in [6.07, 6.45) is -4.40. The van der Waals surface area contributed by atoms with Crippen LogP contribution >= 0.6 is 19.5 Å². The van der Waals surface area contributed by atoms with Crippen LogP contribution in [0.25, 0.3) is 0 Å². The van der Waals surface area contributed by atoms with Gasteiger partial charge in [0.15, 0.2) is 0 Å². The van der Waals surface area contributed by atoms with Crippen LogP contribution in [0.15, 0.2) is 0 Å². The minimum Gasteiger partial charge on any atom is -0.387 e. The Bertz CT molecular complexity index is 100. The third-order valence-electron chi connectivity index (χ3n) is 0.179. The van der Waals surface area contributed by atoms with Gasteiger partial charge in [0.25, 0.3) is 0 Å². The van der Waals surface area contributed by atoms with E-state index in [1.807, 2.05) is 0 Å². The highest BCUT2D eigenvalue weighted by atomic mass is 32.7. The van der Waals surface area contributed by atoms with E-state index in [0.717, 1.165) is 0 Å². The van der Waals surface area contributed by atoms with E-state index in [1.54, 1.807) is 0 Å². The molecule has 0 heterocycles. The van der Waals surface area contributed by atoms with Gasteiger partial charge in [0.1, 0.15) is 18.9 Å². The smallest absolute Gasteiger partial charge is 0.387 e. The van der Waals surface area contributed by atoms with Crippen molar-refractivity contribution in [3.8, 4) is 0 Å². The van der Waals surface area contributed by atoms with Gasteiger partial charge >= 0.3 is 13.4 Å². The molecule has 0 aliphatic carbocycles. The molecule has 1 unspecified atom stereocenters. The molecule has 1 atom stereocenters. The van der Waals surface area contributed by atoms with Crippen molar-refractivity contribution in [2.24, 2.45) is 0 Å². The summed E-state index contributed by atoms with van der Waals surface area (Å²) in [6.45, 7) is -1.73. The maximum Gasteiger partial charge on any atom is 0.579 e. The summed E-state index contributed by atoms with van der Waals surface area (Å²) in [5, 5.41) is 7.28. The average Bonchev–Trinajstić information content (AvgIpc) is 1.63. The fraction of sp³-hybridized carbons (Fsp3) is 1.00. The zero-order valence-electron chi connectivity index (χ0n) is 4.54. The molecule has 0 aromatic rings. The summed E-state index contributed by atoms with van der Waals surface area (Å²) < 4.78 is 40.6. The Morgan fingerprint density at radius 1 is 1.50 bits per heavy atom. The number of halogens is 3. The van der Waals surface area contributed by atoms with Crippen molar-refractivity contribution in [2.45, 2.75) is 6.18 Å². The number of hydrogen-bond acceptors (Lipinski definition) is 2. The molecule has 0 aromatic carbocycles. The molecular formula is C2H5F3O3PS+. The Kier molecular flexibility index (Phi) is 7.56. The van der Waals surface area contributed by atoms with Crippen LogP contribution in [0.5, 0.6) is 0 Å². The van der Waals surface area contributed by atoms with Crippen molar-refractivity contribution in [2.75, 3.05) is 6.61 Å². The van der Waals surface area contributed by atoms with E-state index < -0.39 is 20.0 Å². The van der Waals surface area contributed by atoms with Crippen molar-refractivity contribution in [1.29, 1.82) is 0 Å². The van der Waals surface area contributed by atoms with Crippen LogP contribution in [-0.4, -0.2) is 22.8 Å². The van der Waals surface area contributed by atoms with Gasteiger partial charge in [-0.1, -0.05) is 0 Å². The van der Waals surface area contributed by atoms with E-state index in [0.29, 0.717) is 0 Å². The van der Waals surface area contributed by atoms with E-state index >= 15 is 0 Å². The van der Waals surface area contributed by atoms with Gasteiger partial charge in [0, 0.05) is 0 Å². The molecule has 10 heavy (non-hydrogen) atoms. The molecule has 0 aliphatic rings. The SMILES string of the molecule is O=[P+](O)S.OCC(F)(F)F. The lowest BCUT2D eigenvalue weighted by atomic mass is 10.7. The van der Waals surface area contributed by atoms with Crippen LogP contribution in [0.4, 0.5) is 13.2 Å². The number of rotatable bonds is 0. The number of alkyl halides is 3. The van der Waals surface area contributed by atoms with Crippen LogP contribution in [0.3, 0.4) is 0 Å². The monoisotopic (exact) mass is 197 g/mol. The van der Waals surface area contributed by atoms with Crippen LogP contribution in [0.1, 0.15) is 0 Å². The summed E-state index contributed by atoms with van der Waals surface area (Å²) >= 11 is 3.03. The number of hydrogen-bond donors (Lipinski definition) is 3. The topological polar surface area (TPSA) is 57.5 Å². The Labute approximate surface area is 60.9 Å². The lowest BCUT2D eigenvalue weighted by molar-refractivity contribution is -0.159. The number of thiol groups is 1. The molecule has 3 nitrogen and oxygen atoms in total. The van der Waals surface area contributed by atoms with Crippen LogP contribution in [-0.2, 0) is 4.57 Å². The molecule has 8 heteroatoms. The maximum absolute atomic E-state index is 10.5. The molecule has 0 fully saturated rings. The highest BCUT2D eigenvalue weighted by Gasteiger charge is 2.24. The molecule has 0 saturated heterocycles. The summed E-state index contributed by atoms with van der Waals surface area (Å²) in [5.74, 6) is 0. The second kappa shape index (κ2) is 5.91. The Hall–Kier alpha value is 0.160. The standard InChI is InChI=1S/C2H3F3O.HO2PS/c3-2(4,5)1-6;1-3(2)4/h6H,1H2;(H-,1,2,4)/p+1. The molecule has 0 spiro atoms. The van der Waals surface area contributed by atoms with Crippen LogP contribution < -0.4 is 0 Å². The molecule has 62 valence electrons. The molecule has 0 aliphatic heterocycles. The first-order valence-corrected chi connectivity index (χ1v) is 4.18. The Balaban J connectivity index is 0. The minimum absolute atomic E-state index is 1.73. The Morgan fingerprint density at radius 3 is 1.60 bits per heavy atom. The third kappa shape index (κ3) is 41.9. The zero-order chi connectivity index (χ0) is 8.78. The molecule has 2 N–H and O–H groups in total. The average molecular weight is 197 g/mol. The molecule has 0 saturated carbocycles. The third-order valence-corrected chi connectivity index (χ3v) is 0.179. The van der Waals surface area contributed by atoms with Gasteiger partial charge in [-0.2, -0.15) is 18.1 Å². The minimum atomic E-state index is -4.40. The van der Waals surface area contributed by atoms with Gasteiger partial charge in [-0.15, -0.1) is 0 Å². The molecule has 0 radical (unpaired) electrons. The van der Waals surface area contributed by atoms with Gasteiger partial charge in [-0.05, 0) is 4.57 Å². The molecule has 0 amide bonds.